The number of rotatable bonds is 9. The van der Waals surface area contributed by atoms with Crippen molar-refractivity contribution in [1.29, 1.82) is 0 Å². The lowest BCUT2D eigenvalue weighted by Gasteiger charge is -2.36. The zero-order valence-electron chi connectivity index (χ0n) is 20.4. The molecule has 1 heterocycles. The topological polar surface area (TPSA) is 58.5 Å². The molecule has 178 valence electrons. The molecule has 0 bridgehead atoms. The SMILES string of the molecule is CCOc1cc(C2=N[C@H]3CCCC[C@H]3c3cc(OC)c(OC)cc32)cc(OCC)c1OCC. The summed E-state index contributed by atoms with van der Waals surface area (Å²) in [5.74, 6) is 3.87. The average molecular weight is 454 g/mol. The number of aliphatic imine (C=N–C) groups is 1. The fourth-order valence-corrected chi connectivity index (χ4v) is 5.03. The Bertz CT molecular complexity index is 989. The quantitative estimate of drug-likeness (QED) is 0.482. The van der Waals surface area contributed by atoms with E-state index >= 15 is 0 Å². The summed E-state index contributed by atoms with van der Waals surface area (Å²) in [6, 6.07) is 8.53. The van der Waals surface area contributed by atoms with Crippen LogP contribution in [0.2, 0.25) is 0 Å². The molecule has 0 radical (unpaired) electrons. The Morgan fingerprint density at radius 1 is 0.758 bits per heavy atom. The second-order valence-electron chi connectivity index (χ2n) is 8.33. The monoisotopic (exact) mass is 453 g/mol. The third-order valence-corrected chi connectivity index (χ3v) is 6.42. The number of hydrogen-bond acceptors (Lipinski definition) is 6. The van der Waals surface area contributed by atoms with Gasteiger partial charge < -0.3 is 23.7 Å². The van der Waals surface area contributed by atoms with Gasteiger partial charge in [0, 0.05) is 17.0 Å². The Balaban J connectivity index is 1.91. The molecule has 6 nitrogen and oxygen atoms in total. The Morgan fingerprint density at radius 3 is 1.97 bits per heavy atom. The highest BCUT2D eigenvalue weighted by Crippen LogP contribution is 2.46. The highest BCUT2D eigenvalue weighted by molar-refractivity contribution is 6.15. The van der Waals surface area contributed by atoms with E-state index in [2.05, 4.69) is 12.1 Å². The maximum absolute atomic E-state index is 5.98. The molecule has 0 unspecified atom stereocenters. The molecule has 1 aliphatic carbocycles. The van der Waals surface area contributed by atoms with Crippen molar-refractivity contribution < 1.29 is 23.7 Å². The molecular weight excluding hydrogens is 418 g/mol. The van der Waals surface area contributed by atoms with Crippen LogP contribution in [0.1, 0.15) is 69.1 Å². The Kier molecular flexibility index (Phi) is 7.31. The van der Waals surface area contributed by atoms with Gasteiger partial charge in [0.15, 0.2) is 23.0 Å². The number of fused-ring (bicyclic) bond motifs is 3. The molecule has 2 aromatic carbocycles. The van der Waals surface area contributed by atoms with Gasteiger partial charge in [-0.05, 0) is 63.4 Å². The summed E-state index contributed by atoms with van der Waals surface area (Å²) in [6.07, 6.45) is 4.67. The van der Waals surface area contributed by atoms with Crippen LogP contribution in [0.3, 0.4) is 0 Å². The molecule has 0 saturated heterocycles. The fraction of sp³-hybridized carbons (Fsp3) is 0.519. The van der Waals surface area contributed by atoms with Gasteiger partial charge in [-0.1, -0.05) is 12.8 Å². The molecule has 2 aliphatic rings. The molecule has 0 amide bonds. The lowest BCUT2D eigenvalue weighted by Crippen LogP contribution is -2.29. The van der Waals surface area contributed by atoms with Gasteiger partial charge in [0.25, 0.3) is 0 Å². The zero-order chi connectivity index (χ0) is 23.4. The molecule has 1 saturated carbocycles. The van der Waals surface area contributed by atoms with E-state index < -0.39 is 0 Å². The minimum Gasteiger partial charge on any atom is -0.493 e. The van der Waals surface area contributed by atoms with Crippen molar-refractivity contribution in [2.75, 3.05) is 34.0 Å². The second kappa shape index (κ2) is 10.4. The smallest absolute Gasteiger partial charge is 0.203 e. The maximum atomic E-state index is 5.98. The lowest BCUT2D eigenvalue weighted by atomic mass is 9.75. The van der Waals surface area contributed by atoms with E-state index in [1.54, 1.807) is 14.2 Å². The maximum Gasteiger partial charge on any atom is 0.203 e. The number of hydrogen-bond donors (Lipinski definition) is 0. The second-order valence-corrected chi connectivity index (χ2v) is 8.33. The van der Waals surface area contributed by atoms with Crippen molar-refractivity contribution in [3.8, 4) is 28.7 Å². The van der Waals surface area contributed by atoms with Crippen LogP contribution in [0.25, 0.3) is 0 Å². The van der Waals surface area contributed by atoms with Crippen LogP contribution in [-0.2, 0) is 0 Å². The van der Waals surface area contributed by atoms with Crippen molar-refractivity contribution >= 4 is 5.71 Å². The van der Waals surface area contributed by atoms with Crippen LogP contribution in [0, 0.1) is 0 Å². The van der Waals surface area contributed by atoms with E-state index in [4.69, 9.17) is 28.7 Å². The van der Waals surface area contributed by atoms with Crippen molar-refractivity contribution in [3.63, 3.8) is 0 Å². The zero-order valence-corrected chi connectivity index (χ0v) is 20.4. The van der Waals surface area contributed by atoms with Crippen LogP contribution in [0.15, 0.2) is 29.3 Å². The van der Waals surface area contributed by atoms with E-state index in [1.807, 2.05) is 32.9 Å². The van der Waals surface area contributed by atoms with Crippen molar-refractivity contribution in [2.24, 2.45) is 4.99 Å². The molecule has 1 fully saturated rings. The van der Waals surface area contributed by atoms with E-state index in [0.717, 1.165) is 35.4 Å². The Morgan fingerprint density at radius 2 is 1.36 bits per heavy atom. The highest BCUT2D eigenvalue weighted by atomic mass is 16.5. The van der Waals surface area contributed by atoms with E-state index in [1.165, 1.54) is 18.4 Å². The first-order valence-electron chi connectivity index (χ1n) is 12.1. The Hall–Kier alpha value is -2.89. The molecule has 0 spiro atoms. The summed E-state index contributed by atoms with van der Waals surface area (Å²) in [7, 11) is 3.36. The van der Waals surface area contributed by atoms with Gasteiger partial charge in [-0.25, -0.2) is 0 Å². The minimum absolute atomic E-state index is 0.261. The summed E-state index contributed by atoms with van der Waals surface area (Å²) < 4.78 is 29.2. The largest absolute Gasteiger partial charge is 0.493 e. The first-order valence-corrected chi connectivity index (χ1v) is 12.1. The van der Waals surface area contributed by atoms with Gasteiger partial charge in [-0.2, -0.15) is 0 Å². The van der Waals surface area contributed by atoms with E-state index in [-0.39, 0.29) is 6.04 Å². The van der Waals surface area contributed by atoms with E-state index in [0.29, 0.717) is 48.7 Å². The minimum atomic E-state index is 0.261. The molecule has 0 N–H and O–H groups in total. The lowest BCUT2D eigenvalue weighted by molar-refractivity contribution is 0.260. The molecular formula is C27H35NO5. The van der Waals surface area contributed by atoms with Gasteiger partial charge in [0.05, 0.1) is 45.8 Å². The fourth-order valence-electron chi connectivity index (χ4n) is 5.03. The third kappa shape index (κ3) is 4.48. The average Bonchev–Trinajstić information content (AvgIpc) is 2.84. The first kappa shape index (κ1) is 23.3. The van der Waals surface area contributed by atoms with Crippen LogP contribution in [0.4, 0.5) is 0 Å². The summed E-state index contributed by atoms with van der Waals surface area (Å²) in [5, 5.41) is 0. The van der Waals surface area contributed by atoms with Gasteiger partial charge in [0.1, 0.15) is 0 Å². The molecule has 1 aliphatic heterocycles. The molecule has 2 atom stereocenters. The van der Waals surface area contributed by atoms with Crippen LogP contribution in [0.5, 0.6) is 28.7 Å². The number of benzene rings is 2. The normalized spacial score (nSPS) is 19.1. The molecule has 0 aromatic heterocycles. The van der Waals surface area contributed by atoms with E-state index in [9.17, 15) is 0 Å². The van der Waals surface area contributed by atoms with Crippen molar-refractivity contribution in [2.45, 2.75) is 58.4 Å². The number of methoxy groups -OCH3 is 2. The number of nitrogens with zero attached hydrogens (tertiary/aromatic N) is 1. The first-order chi connectivity index (χ1) is 16.1. The van der Waals surface area contributed by atoms with Crippen LogP contribution in [-0.4, -0.2) is 45.8 Å². The molecule has 6 heteroatoms. The summed E-state index contributed by atoms with van der Waals surface area (Å²) in [5.41, 5.74) is 4.28. The summed E-state index contributed by atoms with van der Waals surface area (Å²) in [6.45, 7) is 7.51. The highest BCUT2D eigenvalue weighted by Gasteiger charge is 2.35. The third-order valence-electron chi connectivity index (χ3n) is 6.42. The summed E-state index contributed by atoms with van der Waals surface area (Å²) >= 11 is 0. The van der Waals surface area contributed by atoms with Gasteiger partial charge in [-0.15, -0.1) is 0 Å². The standard InChI is InChI=1S/C27H35NO5/c1-6-31-24-13-17(14-25(32-7-2)27(24)33-8-3)26-20-16-23(30-5)22(29-4)15-19(20)18-11-9-10-12-21(18)28-26/h13-16,18,21H,6-12H2,1-5H3/t18-,21-/m0/s1. The predicted molar refractivity (Wildman–Crippen MR) is 130 cm³/mol. The van der Waals surface area contributed by atoms with Crippen molar-refractivity contribution in [1.82, 2.24) is 0 Å². The van der Waals surface area contributed by atoms with Crippen molar-refractivity contribution in [3.05, 3.63) is 41.0 Å². The van der Waals surface area contributed by atoms with Crippen LogP contribution >= 0.6 is 0 Å². The molecule has 4 rings (SSSR count). The Labute approximate surface area is 196 Å². The van der Waals surface area contributed by atoms with Gasteiger partial charge in [-0.3, -0.25) is 4.99 Å². The van der Waals surface area contributed by atoms with Gasteiger partial charge in [0.2, 0.25) is 5.75 Å². The molecule has 2 aromatic rings. The number of ether oxygens (including phenoxy) is 5. The van der Waals surface area contributed by atoms with Crippen LogP contribution < -0.4 is 23.7 Å². The van der Waals surface area contributed by atoms with Gasteiger partial charge >= 0.3 is 0 Å². The summed E-state index contributed by atoms with van der Waals surface area (Å²) in [4.78, 5) is 5.29. The molecule has 33 heavy (non-hydrogen) atoms. The predicted octanol–water partition coefficient (Wildman–Crippen LogP) is 5.78.